The first-order valence-electron chi connectivity index (χ1n) is 14.1. The van der Waals surface area contributed by atoms with E-state index >= 15 is 0 Å². The molecule has 2 aromatic rings. The number of amides is 1. The molecule has 0 bridgehead atoms. The third kappa shape index (κ3) is 6.40. The molecule has 2 atom stereocenters. The number of ether oxygens (including phenoxy) is 2. The molecule has 1 spiro atoms. The molecule has 3 saturated heterocycles. The van der Waals surface area contributed by atoms with E-state index in [4.69, 9.17) is 21.1 Å². The molecular weight excluding hydrogens is 587 g/mol. The first-order valence-corrected chi connectivity index (χ1v) is 15.2. The SMILES string of the molecule is C[C@@H]1OCC2(CCN(c3ncc(Sc4ccnc(N5CC(F)(CO)C5)c4Cl)nc3CO)CC2)[C@@H]1NC(=O)OC(C)(C)C. The summed E-state index contributed by atoms with van der Waals surface area (Å²) in [5.74, 6) is 1.06. The fraction of sp³-hybridized carbons (Fsp3) is 0.643. The lowest BCUT2D eigenvalue weighted by molar-refractivity contribution is 0.0433. The average Bonchev–Trinajstić information content (AvgIpc) is 3.21. The Hall–Kier alpha value is -2.45. The third-order valence-corrected chi connectivity index (χ3v) is 9.48. The van der Waals surface area contributed by atoms with Crippen LogP contribution >= 0.6 is 23.4 Å². The summed E-state index contributed by atoms with van der Waals surface area (Å²) >= 11 is 7.90. The molecule has 2 aromatic heterocycles. The van der Waals surface area contributed by atoms with E-state index in [2.05, 4.69) is 25.2 Å². The Balaban J connectivity index is 1.25. The van der Waals surface area contributed by atoms with Crippen LogP contribution in [-0.4, -0.2) is 94.1 Å². The average molecular weight is 625 g/mol. The van der Waals surface area contributed by atoms with Crippen LogP contribution in [0, 0.1) is 5.41 Å². The van der Waals surface area contributed by atoms with Gasteiger partial charge in [-0.3, -0.25) is 0 Å². The fourth-order valence-electron chi connectivity index (χ4n) is 5.84. The first-order chi connectivity index (χ1) is 19.9. The third-order valence-electron chi connectivity index (χ3n) is 8.03. The number of aliphatic hydroxyl groups excluding tert-OH is 2. The van der Waals surface area contributed by atoms with Crippen molar-refractivity contribution < 1.29 is 28.9 Å². The van der Waals surface area contributed by atoms with Crippen LogP contribution in [0.15, 0.2) is 28.4 Å². The number of aromatic nitrogens is 3. The molecule has 5 heterocycles. The van der Waals surface area contributed by atoms with E-state index in [1.807, 2.05) is 27.7 Å². The maximum absolute atomic E-state index is 14.2. The summed E-state index contributed by atoms with van der Waals surface area (Å²) in [4.78, 5) is 30.7. The van der Waals surface area contributed by atoms with Gasteiger partial charge in [0.15, 0.2) is 11.5 Å². The normalized spacial score (nSPS) is 23.1. The van der Waals surface area contributed by atoms with Crippen LogP contribution < -0.4 is 15.1 Å². The zero-order valence-corrected chi connectivity index (χ0v) is 25.8. The number of piperidine rings is 1. The number of halogens is 2. The van der Waals surface area contributed by atoms with Crippen LogP contribution in [0.5, 0.6) is 0 Å². The minimum Gasteiger partial charge on any atom is -0.444 e. The van der Waals surface area contributed by atoms with Crippen LogP contribution in [0.2, 0.25) is 5.02 Å². The Morgan fingerprint density at radius 1 is 1.24 bits per heavy atom. The quantitative estimate of drug-likeness (QED) is 0.417. The molecule has 0 unspecified atom stereocenters. The molecule has 0 radical (unpaired) electrons. The molecule has 3 aliphatic heterocycles. The summed E-state index contributed by atoms with van der Waals surface area (Å²) < 4.78 is 25.7. The Morgan fingerprint density at radius 3 is 2.60 bits per heavy atom. The molecular formula is C28H38ClFN6O5S. The van der Waals surface area contributed by atoms with Crippen molar-refractivity contribution in [3.63, 3.8) is 0 Å². The maximum Gasteiger partial charge on any atom is 0.407 e. The van der Waals surface area contributed by atoms with Crippen molar-refractivity contribution in [1.29, 1.82) is 0 Å². The molecule has 0 aromatic carbocycles. The fourth-order valence-corrected chi connectivity index (χ4v) is 6.99. The Morgan fingerprint density at radius 2 is 1.95 bits per heavy atom. The lowest BCUT2D eigenvalue weighted by Gasteiger charge is -2.44. The van der Waals surface area contributed by atoms with Gasteiger partial charge in [-0.15, -0.1) is 0 Å². The van der Waals surface area contributed by atoms with Crippen LogP contribution in [0.3, 0.4) is 0 Å². The van der Waals surface area contributed by atoms with E-state index in [-0.39, 0.29) is 37.3 Å². The molecule has 1 amide bonds. The van der Waals surface area contributed by atoms with Crippen LogP contribution in [0.25, 0.3) is 0 Å². The largest absolute Gasteiger partial charge is 0.444 e. The number of pyridine rings is 1. The van der Waals surface area contributed by atoms with Gasteiger partial charge in [-0.05, 0) is 46.6 Å². The predicted octanol–water partition coefficient (Wildman–Crippen LogP) is 3.59. The molecule has 0 aliphatic carbocycles. The van der Waals surface area contributed by atoms with Gasteiger partial charge >= 0.3 is 6.09 Å². The van der Waals surface area contributed by atoms with Gasteiger partial charge in [0.25, 0.3) is 0 Å². The number of anilines is 2. The smallest absolute Gasteiger partial charge is 0.407 e. The summed E-state index contributed by atoms with van der Waals surface area (Å²) in [5.41, 5.74) is -2.00. The number of hydrogen-bond acceptors (Lipinski definition) is 11. The highest BCUT2D eigenvalue weighted by molar-refractivity contribution is 7.99. The van der Waals surface area contributed by atoms with Crippen molar-refractivity contribution in [3.8, 4) is 0 Å². The van der Waals surface area contributed by atoms with Gasteiger partial charge in [-0.25, -0.2) is 24.1 Å². The van der Waals surface area contributed by atoms with E-state index < -0.39 is 24.0 Å². The van der Waals surface area contributed by atoms with Crippen molar-refractivity contribution >= 4 is 41.1 Å². The van der Waals surface area contributed by atoms with Crippen LogP contribution in [0.4, 0.5) is 20.8 Å². The first kappa shape index (κ1) is 31.0. The highest BCUT2D eigenvalue weighted by Crippen LogP contribution is 2.44. The minimum absolute atomic E-state index is 0.0213. The second-order valence-electron chi connectivity index (χ2n) is 12.3. The molecule has 230 valence electrons. The van der Waals surface area contributed by atoms with E-state index in [9.17, 15) is 19.4 Å². The number of carbonyl (C=O) groups is 1. The molecule has 3 fully saturated rings. The number of carbonyl (C=O) groups excluding carboxylic acids is 1. The van der Waals surface area contributed by atoms with E-state index in [0.717, 1.165) is 12.8 Å². The van der Waals surface area contributed by atoms with E-state index in [1.165, 1.54) is 11.8 Å². The van der Waals surface area contributed by atoms with Crippen molar-refractivity contribution in [2.24, 2.45) is 5.41 Å². The molecule has 5 rings (SSSR count). The predicted molar refractivity (Wildman–Crippen MR) is 157 cm³/mol. The summed E-state index contributed by atoms with van der Waals surface area (Å²) in [6, 6.07) is 1.57. The Bertz CT molecular complexity index is 1300. The number of rotatable bonds is 7. The second kappa shape index (κ2) is 11.9. The molecule has 3 N–H and O–H groups in total. The Kier molecular flexibility index (Phi) is 8.79. The molecule has 42 heavy (non-hydrogen) atoms. The zero-order chi connectivity index (χ0) is 30.3. The van der Waals surface area contributed by atoms with E-state index in [1.54, 1.807) is 23.4 Å². The summed E-state index contributed by atoms with van der Waals surface area (Å²) in [7, 11) is 0. The summed E-state index contributed by atoms with van der Waals surface area (Å²) in [6.07, 6.45) is 4.20. The summed E-state index contributed by atoms with van der Waals surface area (Å²) in [6.45, 7) is 8.57. The number of hydrogen-bond donors (Lipinski definition) is 3. The van der Waals surface area contributed by atoms with Crippen molar-refractivity contribution in [2.75, 3.05) is 49.2 Å². The lowest BCUT2D eigenvalue weighted by atomic mass is 9.73. The number of nitrogens with one attached hydrogen (secondary N) is 1. The van der Waals surface area contributed by atoms with Crippen molar-refractivity contribution in [3.05, 3.63) is 29.2 Å². The standard InChI is InChI=1S/C28H38ClFN6O5S/c1-17-22(34-25(39)41-26(2,3)4)27(16-40-17)6-9-35(10-7-27)23-18(12-37)33-20(11-32-23)42-19-5-8-31-24(21(19)29)36-13-28(30,14-36)15-38/h5,8,11,17,22,37-38H,6-7,9-10,12-16H2,1-4H3,(H,34,39)/t17-,22+/m0/s1. The number of alkyl carbamates (subject to hydrolysis) is 1. The molecule has 11 nitrogen and oxygen atoms in total. The topological polar surface area (TPSA) is 133 Å². The van der Waals surface area contributed by atoms with Gasteiger partial charge in [0.1, 0.15) is 22.1 Å². The van der Waals surface area contributed by atoms with Crippen LogP contribution in [0.1, 0.15) is 46.2 Å². The number of alkyl halides is 1. The van der Waals surface area contributed by atoms with E-state index in [0.29, 0.717) is 52.0 Å². The van der Waals surface area contributed by atoms with Crippen LogP contribution in [-0.2, 0) is 16.1 Å². The van der Waals surface area contributed by atoms with Gasteiger partial charge in [0, 0.05) is 29.6 Å². The van der Waals surface area contributed by atoms with Gasteiger partial charge in [0.05, 0.1) is 56.3 Å². The lowest BCUT2D eigenvalue weighted by Crippen LogP contribution is -2.61. The van der Waals surface area contributed by atoms with Gasteiger partial charge in [-0.2, -0.15) is 0 Å². The second-order valence-corrected chi connectivity index (χ2v) is 13.8. The molecule has 3 aliphatic rings. The molecule has 0 saturated carbocycles. The van der Waals surface area contributed by atoms with Gasteiger partial charge in [-0.1, -0.05) is 23.4 Å². The van der Waals surface area contributed by atoms with Gasteiger partial charge < -0.3 is 34.8 Å². The zero-order valence-electron chi connectivity index (χ0n) is 24.3. The van der Waals surface area contributed by atoms with Crippen molar-refractivity contribution in [1.82, 2.24) is 20.3 Å². The molecule has 14 heteroatoms. The maximum atomic E-state index is 14.2. The monoisotopic (exact) mass is 624 g/mol. The van der Waals surface area contributed by atoms with Gasteiger partial charge in [0.2, 0.25) is 0 Å². The Labute approximate surface area is 254 Å². The number of nitrogens with zero attached hydrogens (tertiary/aromatic N) is 5. The highest BCUT2D eigenvalue weighted by Gasteiger charge is 2.51. The number of aliphatic hydroxyl groups is 2. The summed E-state index contributed by atoms with van der Waals surface area (Å²) in [5, 5.41) is 23.4. The highest BCUT2D eigenvalue weighted by atomic mass is 35.5. The van der Waals surface area contributed by atoms with Crippen molar-refractivity contribution in [2.45, 2.75) is 80.5 Å². The minimum atomic E-state index is -1.64.